The van der Waals surface area contributed by atoms with Crippen LogP contribution in [-0.2, 0) is 0 Å². The molecule has 24 heavy (non-hydrogen) atoms. The maximum Gasteiger partial charge on any atom is 0.281 e. The normalized spacial score (nSPS) is 10.4. The highest BCUT2D eigenvalue weighted by Gasteiger charge is 2.17. The summed E-state index contributed by atoms with van der Waals surface area (Å²) in [5, 5.41) is 2.70. The fraction of sp³-hybridized carbons (Fsp3) is 0.0625. The Labute approximate surface area is 145 Å². The van der Waals surface area contributed by atoms with E-state index in [4.69, 9.17) is 0 Å². The summed E-state index contributed by atoms with van der Waals surface area (Å²) in [6, 6.07) is 8.88. The maximum absolute atomic E-state index is 12.8. The summed E-state index contributed by atoms with van der Waals surface area (Å²) in [5.41, 5.74) is 5.50. The van der Waals surface area contributed by atoms with E-state index in [0.717, 1.165) is 9.88 Å². The summed E-state index contributed by atoms with van der Waals surface area (Å²) >= 11 is 2.80. The number of carbonyl (C=O) groups excluding carboxylic acids is 2. The number of amides is 2. The number of carbonyl (C=O) groups is 2. The highest BCUT2D eigenvalue weighted by Crippen LogP contribution is 2.30. The predicted molar refractivity (Wildman–Crippen MR) is 91.5 cm³/mol. The SMILES string of the molecule is Cc1nc(-c2cccs2)sc1C(=O)NNC(=O)c1ccc(F)cc1. The van der Waals surface area contributed by atoms with Gasteiger partial charge in [-0.05, 0) is 42.6 Å². The molecule has 0 saturated heterocycles. The van der Waals surface area contributed by atoms with Crippen LogP contribution in [0.15, 0.2) is 41.8 Å². The van der Waals surface area contributed by atoms with Gasteiger partial charge < -0.3 is 0 Å². The molecule has 0 saturated carbocycles. The van der Waals surface area contributed by atoms with Crippen LogP contribution in [-0.4, -0.2) is 16.8 Å². The van der Waals surface area contributed by atoms with Crippen LogP contribution in [0.4, 0.5) is 4.39 Å². The molecule has 3 rings (SSSR count). The average Bonchev–Trinajstić information content (AvgIpc) is 3.22. The lowest BCUT2D eigenvalue weighted by Gasteiger charge is -2.06. The number of thiophene rings is 1. The molecule has 0 spiro atoms. The van der Waals surface area contributed by atoms with E-state index in [0.29, 0.717) is 10.6 Å². The number of rotatable bonds is 3. The van der Waals surface area contributed by atoms with Crippen molar-refractivity contribution in [2.45, 2.75) is 6.92 Å². The Bertz CT molecular complexity index is 873. The number of hydrazine groups is 1. The molecule has 1 aromatic carbocycles. The van der Waals surface area contributed by atoms with Crippen molar-refractivity contribution in [2.75, 3.05) is 0 Å². The molecule has 5 nitrogen and oxygen atoms in total. The van der Waals surface area contributed by atoms with Gasteiger partial charge in [-0.25, -0.2) is 9.37 Å². The van der Waals surface area contributed by atoms with Crippen molar-refractivity contribution in [3.8, 4) is 9.88 Å². The van der Waals surface area contributed by atoms with Gasteiger partial charge in [-0.3, -0.25) is 20.4 Å². The Balaban J connectivity index is 1.67. The quantitative estimate of drug-likeness (QED) is 0.703. The van der Waals surface area contributed by atoms with Crippen LogP contribution in [0.2, 0.25) is 0 Å². The zero-order valence-electron chi connectivity index (χ0n) is 12.5. The third kappa shape index (κ3) is 3.50. The second-order valence-electron chi connectivity index (χ2n) is 4.83. The molecule has 2 aromatic heterocycles. The van der Waals surface area contributed by atoms with Crippen LogP contribution >= 0.6 is 22.7 Å². The summed E-state index contributed by atoms with van der Waals surface area (Å²) in [6.07, 6.45) is 0. The zero-order valence-corrected chi connectivity index (χ0v) is 14.1. The Morgan fingerprint density at radius 2 is 1.79 bits per heavy atom. The Morgan fingerprint density at radius 3 is 2.46 bits per heavy atom. The van der Waals surface area contributed by atoms with Crippen molar-refractivity contribution in [3.63, 3.8) is 0 Å². The molecule has 0 fully saturated rings. The molecule has 8 heteroatoms. The standard InChI is InChI=1S/C16H12FN3O2S2/c1-9-13(24-16(18-9)12-3-2-8-23-12)15(22)20-19-14(21)10-4-6-11(17)7-5-10/h2-8H,1H3,(H,19,21)(H,20,22). The average molecular weight is 361 g/mol. The Hall–Kier alpha value is -2.58. The zero-order chi connectivity index (χ0) is 17.1. The highest BCUT2D eigenvalue weighted by molar-refractivity contribution is 7.22. The first-order valence-electron chi connectivity index (χ1n) is 6.92. The van der Waals surface area contributed by atoms with Gasteiger partial charge in [-0.2, -0.15) is 0 Å². The molecule has 0 aliphatic rings. The van der Waals surface area contributed by atoms with E-state index in [9.17, 15) is 14.0 Å². The molecular weight excluding hydrogens is 349 g/mol. The molecule has 122 valence electrons. The van der Waals surface area contributed by atoms with Crippen LogP contribution in [0, 0.1) is 12.7 Å². The number of benzene rings is 1. The third-order valence-electron chi connectivity index (χ3n) is 3.13. The van der Waals surface area contributed by atoms with Gasteiger partial charge in [0.25, 0.3) is 11.8 Å². The molecule has 0 aliphatic heterocycles. The molecular formula is C16H12FN3O2S2. The van der Waals surface area contributed by atoms with E-state index in [1.54, 1.807) is 18.3 Å². The first-order valence-corrected chi connectivity index (χ1v) is 8.62. The largest absolute Gasteiger partial charge is 0.281 e. The van der Waals surface area contributed by atoms with Crippen molar-refractivity contribution in [1.82, 2.24) is 15.8 Å². The molecule has 0 bridgehead atoms. The fourth-order valence-corrected chi connectivity index (χ4v) is 3.71. The van der Waals surface area contributed by atoms with Gasteiger partial charge in [0.2, 0.25) is 0 Å². The van der Waals surface area contributed by atoms with Gasteiger partial charge in [-0.15, -0.1) is 22.7 Å². The molecule has 2 N–H and O–H groups in total. The molecule has 0 aliphatic carbocycles. The maximum atomic E-state index is 12.8. The first kappa shape index (κ1) is 16.3. The number of nitrogens with zero attached hydrogens (tertiary/aromatic N) is 1. The van der Waals surface area contributed by atoms with Crippen molar-refractivity contribution in [2.24, 2.45) is 0 Å². The predicted octanol–water partition coefficient (Wildman–Crippen LogP) is 3.39. The second kappa shape index (κ2) is 6.90. The van der Waals surface area contributed by atoms with Crippen LogP contribution in [0.3, 0.4) is 0 Å². The summed E-state index contributed by atoms with van der Waals surface area (Å²) in [6.45, 7) is 1.74. The van der Waals surface area contributed by atoms with E-state index in [1.165, 1.54) is 35.6 Å². The molecule has 0 unspecified atom stereocenters. The van der Waals surface area contributed by atoms with Gasteiger partial charge >= 0.3 is 0 Å². The lowest BCUT2D eigenvalue weighted by atomic mass is 10.2. The number of halogens is 1. The summed E-state index contributed by atoms with van der Waals surface area (Å²) in [5.74, 6) is -1.40. The molecule has 0 radical (unpaired) electrons. The van der Waals surface area contributed by atoms with E-state index in [1.807, 2.05) is 17.5 Å². The van der Waals surface area contributed by atoms with E-state index in [-0.39, 0.29) is 5.56 Å². The monoisotopic (exact) mass is 361 g/mol. The van der Waals surface area contributed by atoms with Gasteiger partial charge in [0.05, 0.1) is 10.6 Å². The topological polar surface area (TPSA) is 71.1 Å². The minimum Gasteiger partial charge on any atom is -0.267 e. The second-order valence-corrected chi connectivity index (χ2v) is 6.77. The highest BCUT2D eigenvalue weighted by atomic mass is 32.1. The fourth-order valence-electron chi connectivity index (χ4n) is 1.96. The van der Waals surface area contributed by atoms with Gasteiger partial charge in [0, 0.05) is 5.56 Å². The number of hydrogen-bond donors (Lipinski definition) is 2. The van der Waals surface area contributed by atoms with Crippen LogP contribution < -0.4 is 10.9 Å². The van der Waals surface area contributed by atoms with Gasteiger partial charge in [-0.1, -0.05) is 6.07 Å². The smallest absolute Gasteiger partial charge is 0.267 e. The lowest BCUT2D eigenvalue weighted by molar-refractivity contribution is 0.0848. The first-order chi connectivity index (χ1) is 11.5. The minimum atomic E-state index is -0.524. The minimum absolute atomic E-state index is 0.247. The van der Waals surface area contributed by atoms with Gasteiger partial charge in [0.1, 0.15) is 15.7 Å². The van der Waals surface area contributed by atoms with E-state index >= 15 is 0 Å². The number of aryl methyl sites for hydroxylation is 1. The summed E-state index contributed by atoms with van der Waals surface area (Å²) in [4.78, 5) is 29.9. The van der Waals surface area contributed by atoms with Gasteiger partial charge in [0.15, 0.2) is 0 Å². The van der Waals surface area contributed by atoms with Crippen molar-refractivity contribution in [1.29, 1.82) is 0 Å². The molecule has 2 heterocycles. The summed E-state index contributed by atoms with van der Waals surface area (Å²) < 4.78 is 12.8. The number of nitrogens with one attached hydrogen (secondary N) is 2. The number of hydrogen-bond acceptors (Lipinski definition) is 5. The van der Waals surface area contributed by atoms with E-state index in [2.05, 4.69) is 15.8 Å². The molecule has 0 atom stereocenters. The van der Waals surface area contributed by atoms with E-state index < -0.39 is 17.6 Å². The molecule has 2 amide bonds. The number of aromatic nitrogens is 1. The van der Waals surface area contributed by atoms with Crippen molar-refractivity contribution in [3.05, 3.63) is 63.7 Å². The van der Waals surface area contributed by atoms with Crippen molar-refractivity contribution < 1.29 is 14.0 Å². The molecule has 3 aromatic rings. The van der Waals surface area contributed by atoms with Crippen LogP contribution in [0.1, 0.15) is 25.7 Å². The van der Waals surface area contributed by atoms with Crippen LogP contribution in [0.5, 0.6) is 0 Å². The Morgan fingerprint density at radius 1 is 1.08 bits per heavy atom. The van der Waals surface area contributed by atoms with Crippen molar-refractivity contribution >= 4 is 34.5 Å². The third-order valence-corrected chi connectivity index (χ3v) is 5.33. The summed E-state index contributed by atoms with van der Waals surface area (Å²) in [7, 11) is 0. The van der Waals surface area contributed by atoms with Crippen LogP contribution in [0.25, 0.3) is 9.88 Å². The lowest BCUT2D eigenvalue weighted by Crippen LogP contribution is -2.41. The Kier molecular flexibility index (Phi) is 4.68. The number of thiazole rings is 1.